The molecule has 0 bridgehead atoms. The second kappa shape index (κ2) is 12.1. The van der Waals surface area contributed by atoms with Crippen molar-refractivity contribution < 1.29 is 23.1 Å². The molecule has 8 nitrogen and oxygen atoms in total. The third kappa shape index (κ3) is 5.63. The van der Waals surface area contributed by atoms with Crippen LogP contribution in [0.2, 0.25) is 0 Å². The Morgan fingerprint density at radius 2 is 1.84 bits per heavy atom. The lowest BCUT2D eigenvalue weighted by atomic mass is 9.71. The van der Waals surface area contributed by atoms with Crippen molar-refractivity contribution >= 4 is 11.8 Å². The van der Waals surface area contributed by atoms with Crippen molar-refractivity contribution in [2.75, 3.05) is 13.1 Å². The summed E-state index contributed by atoms with van der Waals surface area (Å²) in [6, 6.07) is 12.7. The topological polar surface area (TPSA) is 97.9 Å². The van der Waals surface area contributed by atoms with Crippen LogP contribution in [-0.4, -0.2) is 51.5 Å². The predicted molar refractivity (Wildman–Crippen MR) is 161 cm³/mol. The molecular formula is C34H38F2N4O4. The fourth-order valence-electron chi connectivity index (χ4n) is 7.49. The third-order valence-corrected chi connectivity index (χ3v) is 9.27. The Morgan fingerprint density at radius 3 is 2.55 bits per heavy atom. The number of primary amides is 1. The van der Waals surface area contributed by atoms with E-state index < -0.39 is 23.0 Å². The molecule has 1 aromatic heterocycles. The second-order valence-corrected chi connectivity index (χ2v) is 12.8. The number of carbonyl (C=O) groups excluding carboxylic acids is 2. The van der Waals surface area contributed by atoms with Crippen LogP contribution in [0.25, 0.3) is 0 Å². The van der Waals surface area contributed by atoms with E-state index >= 15 is 0 Å². The normalized spacial score (nSPS) is 23.2. The number of pyridine rings is 1. The van der Waals surface area contributed by atoms with Gasteiger partial charge in [0.1, 0.15) is 30.0 Å². The summed E-state index contributed by atoms with van der Waals surface area (Å²) >= 11 is 0. The van der Waals surface area contributed by atoms with E-state index in [1.165, 1.54) is 18.3 Å². The van der Waals surface area contributed by atoms with Gasteiger partial charge >= 0.3 is 0 Å². The molecule has 3 aliphatic rings. The van der Waals surface area contributed by atoms with Crippen molar-refractivity contribution in [3.05, 3.63) is 99.0 Å². The van der Waals surface area contributed by atoms with E-state index in [-0.39, 0.29) is 53.6 Å². The number of halogens is 2. The number of fused-ring (bicyclic) bond motifs is 4. The Hall–Kier alpha value is -4.05. The monoisotopic (exact) mass is 604 g/mol. The zero-order chi connectivity index (χ0) is 31.1. The Bertz CT molecular complexity index is 1630. The number of hydrogen-bond donors (Lipinski definition) is 1. The van der Waals surface area contributed by atoms with E-state index in [2.05, 4.69) is 18.7 Å². The molecule has 4 atom stereocenters. The van der Waals surface area contributed by atoms with Crippen LogP contribution in [0.15, 0.2) is 59.5 Å². The molecule has 0 spiro atoms. The van der Waals surface area contributed by atoms with Crippen LogP contribution in [0.1, 0.15) is 65.1 Å². The van der Waals surface area contributed by atoms with Gasteiger partial charge in [0.15, 0.2) is 11.4 Å². The SMILES string of the molecule is CC(C)CN1CC2CCCC(Cc3ccc(F)cc3F)C2N2C(=O)c3c(OCc4ccccc4)c(=O)c(C(N)=O)cn3CC12. The standard InChI is InChI=1S/C34H38F2N4O4/c1-20(2)15-38-16-24-10-6-9-23(13-22-11-12-25(35)14-27(22)36)29(24)40-28(38)18-39-17-26(33(37)42)31(41)32(30(39)34(40)43)44-19-21-7-4-3-5-8-21/h3-5,7-8,11-12,14,17,20,23-24,28-29H,6,9-10,13,15-16,18-19H2,1-2H3,(H2,37,42). The molecule has 3 heterocycles. The molecule has 1 aliphatic carbocycles. The van der Waals surface area contributed by atoms with Gasteiger partial charge in [-0.15, -0.1) is 0 Å². The Kier molecular flexibility index (Phi) is 8.28. The lowest BCUT2D eigenvalue weighted by Crippen LogP contribution is -2.69. The first kappa shape index (κ1) is 30.0. The van der Waals surface area contributed by atoms with Gasteiger partial charge in [-0.25, -0.2) is 8.78 Å². The average molecular weight is 605 g/mol. The molecule has 6 rings (SSSR count). The summed E-state index contributed by atoms with van der Waals surface area (Å²) in [4.78, 5) is 44.9. The summed E-state index contributed by atoms with van der Waals surface area (Å²) in [6.07, 6.45) is 4.07. The molecule has 232 valence electrons. The molecule has 44 heavy (non-hydrogen) atoms. The second-order valence-electron chi connectivity index (χ2n) is 12.8. The van der Waals surface area contributed by atoms with Gasteiger partial charge in [0.25, 0.3) is 11.8 Å². The minimum Gasteiger partial charge on any atom is -0.483 e. The molecular weight excluding hydrogens is 566 g/mol. The molecule has 2 fully saturated rings. The highest BCUT2D eigenvalue weighted by atomic mass is 19.1. The first-order chi connectivity index (χ1) is 21.1. The lowest BCUT2D eigenvalue weighted by Gasteiger charge is -2.58. The lowest BCUT2D eigenvalue weighted by molar-refractivity contribution is -0.0940. The maximum atomic E-state index is 14.8. The number of nitrogens with two attached hydrogens (primary N) is 1. The van der Waals surface area contributed by atoms with E-state index in [9.17, 15) is 23.2 Å². The van der Waals surface area contributed by atoms with Gasteiger partial charge < -0.3 is 19.9 Å². The van der Waals surface area contributed by atoms with Crippen LogP contribution in [0.5, 0.6) is 5.75 Å². The van der Waals surface area contributed by atoms with Crippen molar-refractivity contribution in [1.29, 1.82) is 0 Å². The summed E-state index contributed by atoms with van der Waals surface area (Å²) < 4.78 is 36.3. The van der Waals surface area contributed by atoms with Crippen LogP contribution >= 0.6 is 0 Å². The zero-order valence-electron chi connectivity index (χ0n) is 25.0. The van der Waals surface area contributed by atoms with Gasteiger partial charge in [-0.1, -0.05) is 56.7 Å². The number of hydrogen-bond acceptors (Lipinski definition) is 5. The van der Waals surface area contributed by atoms with Crippen LogP contribution in [0, 0.1) is 29.4 Å². The van der Waals surface area contributed by atoms with Crippen molar-refractivity contribution in [1.82, 2.24) is 14.4 Å². The smallest absolute Gasteiger partial charge is 0.276 e. The third-order valence-electron chi connectivity index (χ3n) is 9.27. The summed E-state index contributed by atoms with van der Waals surface area (Å²) in [5, 5.41) is 0. The molecule has 2 aromatic carbocycles. The fraction of sp³-hybridized carbons (Fsp3) is 0.441. The number of aromatic nitrogens is 1. The van der Waals surface area contributed by atoms with Crippen LogP contribution in [0.4, 0.5) is 8.78 Å². The van der Waals surface area contributed by atoms with Crippen molar-refractivity contribution in [3.63, 3.8) is 0 Å². The predicted octanol–water partition coefficient (Wildman–Crippen LogP) is 4.59. The number of ether oxygens (including phenoxy) is 1. The molecule has 4 unspecified atom stereocenters. The van der Waals surface area contributed by atoms with E-state index in [0.29, 0.717) is 24.4 Å². The van der Waals surface area contributed by atoms with Crippen molar-refractivity contribution in [2.45, 2.75) is 64.9 Å². The van der Waals surface area contributed by atoms with E-state index in [4.69, 9.17) is 10.5 Å². The number of benzene rings is 2. The minimum absolute atomic E-state index is 0.0278. The maximum absolute atomic E-state index is 14.8. The van der Waals surface area contributed by atoms with Crippen molar-refractivity contribution in [3.8, 4) is 5.75 Å². The van der Waals surface area contributed by atoms with E-state index in [1.807, 2.05) is 35.2 Å². The van der Waals surface area contributed by atoms with E-state index in [1.54, 1.807) is 4.57 Å². The highest BCUT2D eigenvalue weighted by molar-refractivity contribution is 5.99. The minimum atomic E-state index is -0.888. The Labute approximate surface area is 255 Å². The first-order valence-corrected chi connectivity index (χ1v) is 15.4. The van der Waals surface area contributed by atoms with Crippen LogP contribution < -0.4 is 15.9 Å². The molecule has 0 radical (unpaired) electrons. The zero-order valence-corrected chi connectivity index (χ0v) is 25.0. The van der Waals surface area contributed by atoms with Gasteiger partial charge in [-0.3, -0.25) is 19.3 Å². The molecule has 2 amide bonds. The van der Waals surface area contributed by atoms with E-state index in [0.717, 1.165) is 44.0 Å². The number of carbonyl (C=O) groups is 2. The highest BCUT2D eigenvalue weighted by Crippen LogP contribution is 2.43. The van der Waals surface area contributed by atoms with Gasteiger partial charge in [-0.05, 0) is 54.2 Å². The Balaban J connectivity index is 1.44. The molecule has 1 saturated heterocycles. The van der Waals surface area contributed by atoms with Crippen LogP contribution in [0.3, 0.4) is 0 Å². The number of amides is 2. The van der Waals surface area contributed by atoms with Gasteiger partial charge in [-0.2, -0.15) is 0 Å². The molecule has 2 N–H and O–H groups in total. The summed E-state index contributed by atoms with van der Waals surface area (Å²) in [5.41, 5.74) is 5.99. The quantitative estimate of drug-likeness (QED) is 0.406. The van der Waals surface area contributed by atoms with Crippen molar-refractivity contribution in [2.24, 2.45) is 23.5 Å². The number of rotatable bonds is 8. The largest absolute Gasteiger partial charge is 0.483 e. The first-order valence-electron chi connectivity index (χ1n) is 15.4. The Morgan fingerprint density at radius 1 is 1.07 bits per heavy atom. The van der Waals surface area contributed by atoms with Gasteiger partial charge in [0.2, 0.25) is 5.43 Å². The highest BCUT2D eigenvalue weighted by Gasteiger charge is 2.51. The number of nitrogens with zero attached hydrogens (tertiary/aromatic N) is 3. The fourth-order valence-corrected chi connectivity index (χ4v) is 7.49. The summed E-state index contributed by atoms with van der Waals surface area (Å²) in [7, 11) is 0. The molecule has 10 heteroatoms. The summed E-state index contributed by atoms with van der Waals surface area (Å²) in [6.45, 7) is 6.14. The average Bonchev–Trinajstić information content (AvgIpc) is 2.98. The van der Waals surface area contributed by atoms with Gasteiger partial charge in [0.05, 0.1) is 6.54 Å². The van der Waals surface area contributed by atoms with Crippen LogP contribution in [-0.2, 0) is 19.6 Å². The van der Waals surface area contributed by atoms with Gasteiger partial charge in [0, 0.05) is 31.4 Å². The molecule has 3 aromatic rings. The summed E-state index contributed by atoms with van der Waals surface area (Å²) in [5.74, 6) is -2.22. The molecule has 1 saturated carbocycles. The molecule has 2 aliphatic heterocycles. The maximum Gasteiger partial charge on any atom is 0.276 e.